The maximum absolute atomic E-state index is 15.5. The van der Waals surface area contributed by atoms with Crippen LogP contribution in [0, 0.1) is 12.4 Å². The van der Waals surface area contributed by atoms with Gasteiger partial charge in [0.1, 0.15) is 17.6 Å². The Labute approximate surface area is 253 Å². The number of benzene rings is 2. The van der Waals surface area contributed by atoms with Crippen molar-refractivity contribution in [2.24, 2.45) is 0 Å². The molecule has 1 aliphatic carbocycles. The molecule has 2 aromatic carbocycles. The molecule has 14 heteroatoms. The number of anilines is 2. The van der Waals surface area contributed by atoms with Crippen LogP contribution in [0.3, 0.4) is 0 Å². The van der Waals surface area contributed by atoms with Gasteiger partial charge in [-0.25, -0.2) is 4.39 Å². The van der Waals surface area contributed by atoms with Crippen LogP contribution < -0.4 is 15.1 Å². The Morgan fingerprint density at radius 3 is 2.57 bits per heavy atom. The summed E-state index contributed by atoms with van der Waals surface area (Å²) in [4.78, 5) is 35.8. The topological polar surface area (TPSA) is 98.6 Å². The van der Waals surface area contributed by atoms with Crippen LogP contribution in [-0.2, 0) is 17.5 Å². The molecule has 6 rings (SSSR count). The molecular formula is C30H23F4N7O2S. The van der Waals surface area contributed by atoms with Crippen molar-refractivity contribution in [1.29, 1.82) is 0 Å². The molecule has 2 aromatic heterocycles. The standard InChI is InChI=1S/C30H23F4N7O2S/c1-35-25-22(30(32,33)34)12-21(16-36-25)40-27(43)29(9-3-2-4-10-29)41(28(40)44)20-7-5-18(23(31)13-20)14-37-26(42)17-6-8-24-19(11-17)15-38-39-24/h5-8,11-13,15-16H,2-4,9-10,14H2,(H,37,42)(H,38,39). The highest BCUT2D eigenvalue weighted by Gasteiger charge is 2.57. The number of alkyl halides is 3. The molecule has 1 saturated carbocycles. The van der Waals surface area contributed by atoms with Crippen molar-refractivity contribution in [3.63, 3.8) is 0 Å². The lowest BCUT2D eigenvalue weighted by Gasteiger charge is -2.39. The van der Waals surface area contributed by atoms with Gasteiger partial charge in [0.05, 0.1) is 23.0 Å². The second kappa shape index (κ2) is 11.0. The minimum Gasteiger partial charge on any atom is -0.360 e. The van der Waals surface area contributed by atoms with Gasteiger partial charge in [-0.3, -0.25) is 19.6 Å². The highest BCUT2D eigenvalue weighted by atomic mass is 32.1. The van der Waals surface area contributed by atoms with Gasteiger partial charge in [0.25, 0.3) is 17.6 Å². The molecule has 2 amide bonds. The van der Waals surface area contributed by atoms with Gasteiger partial charge in [0, 0.05) is 28.7 Å². The highest BCUT2D eigenvalue weighted by molar-refractivity contribution is 7.81. The van der Waals surface area contributed by atoms with Gasteiger partial charge >= 0.3 is 6.18 Å². The maximum Gasteiger partial charge on any atom is 0.409 e. The SMILES string of the molecule is [C-]#[N+]c1ncc(N2C(=O)C3(CCCCC3)N(c3ccc(CNC(=O)c4ccc5[nH]ncc5c4)c(F)c3)C2=S)cc1C(F)(F)F. The fourth-order valence-corrected chi connectivity index (χ4v) is 6.35. The summed E-state index contributed by atoms with van der Waals surface area (Å²) in [5.41, 5.74) is -1.13. The number of thiocarbonyl (C=S) groups is 1. The molecule has 1 saturated heterocycles. The highest BCUT2D eigenvalue weighted by Crippen LogP contribution is 2.46. The molecule has 2 aliphatic rings. The molecule has 1 aliphatic heterocycles. The van der Waals surface area contributed by atoms with Gasteiger partial charge in [0.15, 0.2) is 5.11 Å². The Morgan fingerprint density at radius 2 is 1.86 bits per heavy atom. The van der Waals surface area contributed by atoms with Gasteiger partial charge in [-0.1, -0.05) is 31.9 Å². The summed E-state index contributed by atoms with van der Waals surface area (Å²) in [5, 5.41) is 10.1. The van der Waals surface area contributed by atoms with Crippen molar-refractivity contribution in [3.8, 4) is 0 Å². The average Bonchev–Trinajstić information content (AvgIpc) is 3.56. The van der Waals surface area contributed by atoms with Crippen LogP contribution in [-0.4, -0.2) is 37.6 Å². The number of H-pyrrole nitrogens is 1. The average molecular weight is 622 g/mol. The number of aromatic amines is 1. The molecule has 3 heterocycles. The summed E-state index contributed by atoms with van der Waals surface area (Å²) in [7, 11) is 0. The number of halogens is 4. The van der Waals surface area contributed by atoms with E-state index in [0.29, 0.717) is 37.3 Å². The molecule has 0 unspecified atom stereocenters. The third kappa shape index (κ3) is 4.92. The third-order valence-electron chi connectivity index (χ3n) is 8.05. The smallest absolute Gasteiger partial charge is 0.360 e. The first-order valence-corrected chi connectivity index (χ1v) is 14.1. The number of pyridine rings is 1. The minimum absolute atomic E-state index is 0.113. The molecule has 0 radical (unpaired) electrons. The van der Waals surface area contributed by atoms with Crippen molar-refractivity contribution in [2.75, 3.05) is 9.80 Å². The van der Waals surface area contributed by atoms with Gasteiger partial charge in [-0.2, -0.15) is 18.3 Å². The molecule has 4 aromatic rings. The number of nitrogens with one attached hydrogen (secondary N) is 2. The summed E-state index contributed by atoms with van der Waals surface area (Å²) in [6, 6.07) is 9.96. The van der Waals surface area contributed by atoms with E-state index in [9.17, 15) is 22.8 Å². The lowest BCUT2D eigenvalue weighted by atomic mass is 9.80. The van der Waals surface area contributed by atoms with Crippen LogP contribution in [0.2, 0.25) is 0 Å². The van der Waals surface area contributed by atoms with Crippen molar-refractivity contribution in [1.82, 2.24) is 20.5 Å². The minimum atomic E-state index is -4.88. The van der Waals surface area contributed by atoms with Crippen LogP contribution >= 0.6 is 12.2 Å². The van der Waals surface area contributed by atoms with Crippen molar-refractivity contribution >= 4 is 57.2 Å². The summed E-state index contributed by atoms with van der Waals surface area (Å²) in [6.07, 6.45) is 0.643. The lowest BCUT2D eigenvalue weighted by Crippen LogP contribution is -2.51. The summed E-state index contributed by atoms with van der Waals surface area (Å²) < 4.78 is 56.7. The number of hydrogen-bond acceptors (Lipinski definition) is 5. The molecule has 0 atom stereocenters. The molecule has 44 heavy (non-hydrogen) atoms. The Balaban J connectivity index is 1.29. The molecule has 2 fully saturated rings. The first-order chi connectivity index (χ1) is 21.0. The van der Waals surface area contributed by atoms with Crippen LogP contribution in [0.1, 0.15) is 53.6 Å². The van der Waals surface area contributed by atoms with Crippen LogP contribution in [0.25, 0.3) is 15.7 Å². The zero-order valence-corrected chi connectivity index (χ0v) is 23.7. The Morgan fingerprint density at radius 1 is 1.09 bits per heavy atom. The zero-order valence-electron chi connectivity index (χ0n) is 22.9. The van der Waals surface area contributed by atoms with E-state index >= 15 is 4.39 Å². The number of carbonyl (C=O) groups excluding carboxylic acids is 2. The monoisotopic (exact) mass is 621 g/mol. The summed E-state index contributed by atoms with van der Waals surface area (Å²) in [5.74, 6) is -2.43. The third-order valence-corrected chi connectivity index (χ3v) is 8.42. The molecular weight excluding hydrogens is 598 g/mol. The first-order valence-electron chi connectivity index (χ1n) is 13.7. The Kier molecular flexibility index (Phi) is 7.28. The van der Waals surface area contributed by atoms with E-state index in [2.05, 4.69) is 25.3 Å². The second-order valence-electron chi connectivity index (χ2n) is 10.7. The largest absolute Gasteiger partial charge is 0.409 e. The number of aromatic nitrogens is 3. The predicted molar refractivity (Wildman–Crippen MR) is 158 cm³/mol. The normalized spacial score (nSPS) is 16.5. The molecule has 9 nitrogen and oxygen atoms in total. The quantitative estimate of drug-likeness (QED) is 0.151. The zero-order chi connectivity index (χ0) is 31.2. The van der Waals surface area contributed by atoms with Crippen molar-refractivity contribution < 1.29 is 27.2 Å². The van der Waals surface area contributed by atoms with Crippen LogP contribution in [0.4, 0.5) is 34.8 Å². The van der Waals surface area contributed by atoms with E-state index in [0.717, 1.165) is 28.4 Å². The molecule has 2 N–H and O–H groups in total. The molecule has 224 valence electrons. The van der Waals surface area contributed by atoms with Crippen LogP contribution in [0.5, 0.6) is 0 Å². The number of carbonyl (C=O) groups is 2. The van der Waals surface area contributed by atoms with Gasteiger partial charge in [-0.05, 0) is 61.5 Å². The number of nitrogens with zero attached hydrogens (tertiary/aromatic N) is 5. The number of amides is 2. The van der Waals surface area contributed by atoms with E-state index in [1.165, 1.54) is 17.0 Å². The predicted octanol–water partition coefficient (Wildman–Crippen LogP) is 6.44. The molecule has 1 spiro atoms. The summed E-state index contributed by atoms with van der Waals surface area (Å²) >= 11 is 5.67. The Bertz CT molecular complexity index is 1860. The molecule has 0 bridgehead atoms. The number of hydrogen-bond donors (Lipinski definition) is 2. The van der Waals surface area contributed by atoms with Crippen molar-refractivity contribution in [3.05, 3.63) is 88.8 Å². The van der Waals surface area contributed by atoms with Gasteiger partial charge < -0.3 is 15.1 Å². The maximum atomic E-state index is 15.5. The van der Waals surface area contributed by atoms with E-state index in [1.807, 2.05) is 0 Å². The van der Waals surface area contributed by atoms with Gasteiger partial charge in [0.2, 0.25) is 0 Å². The number of rotatable bonds is 5. The summed E-state index contributed by atoms with van der Waals surface area (Å²) in [6.45, 7) is 6.95. The fraction of sp³-hybridized carbons (Fsp3) is 0.267. The van der Waals surface area contributed by atoms with E-state index in [-0.39, 0.29) is 28.6 Å². The van der Waals surface area contributed by atoms with E-state index in [4.69, 9.17) is 18.8 Å². The first kappa shape index (κ1) is 29.2. The fourth-order valence-electron chi connectivity index (χ4n) is 5.88. The van der Waals surface area contributed by atoms with Gasteiger partial charge in [-0.15, -0.1) is 4.98 Å². The second-order valence-corrected chi connectivity index (χ2v) is 11.0. The van der Waals surface area contributed by atoms with Crippen LogP contribution in [0.15, 0.2) is 54.9 Å². The van der Waals surface area contributed by atoms with Crippen molar-refractivity contribution in [2.45, 2.75) is 50.4 Å². The van der Waals surface area contributed by atoms with E-state index in [1.54, 1.807) is 30.5 Å². The lowest BCUT2D eigenvalue weighted by molar-refractivity contribution is -0.137. The number of fused-ring (bicyclic) bond motifs is 1. The van der Waals surface area contributed by atoms with E-state index < -0.39 is 40.7 Å². The Hall–Kier alpha value is -4.90.